The second kappa shape index (κ2) is 5.15. The molecule has 2 aliphatic heterocycles. The minimum atomic E-state index is -0.227. The standard InChI is InChI=1S/C16H20N4O/c21-12-6-10-20(11-12)14-5-7-17-13-3-4-15(18-16(13)14)19-8-1-2-9-19/h3-5,7,12,21H,1-2,6,8-11H2/t12-/m0/s1. The summed E-state index contributed by atoms with van der Waals surface area (Å²) in [6.07, 6.45) is 4.93. The van der Waals surface area contributed by atoms with Crippen LogP contribution in [-0.4, -0.2) is 47.4 Å². The zero-order valence-electron chi connectivity index (χ0n) is 12.1. The summed E-state index contributed by atoms with van der Waals surface area (Å²) in [5, 5.41) is 9.77. The van der Waals surface area contributed by atoms with E-state index in [1.54, 1.807) is 0 Å². The van der Waals surface area contributed by atoms with Gasteiger partial charge in [-0.3, -0.25) is 4.98 Å². The highest BCUT2D eigenvalue weighted by Gasteiger charge is 2.23. The molecule has 2 aliphatic rings. The summed E-state index contributed by atoms with van der Waals surface area (Å²) in [5.74, 6) is 1.05. The van der Waals surface area contributed by atoms with Gasteiger partial charge in [-0.15, -0.1) is 0 Å². The molecule has 4 heterocycles. The van der Waals surface area contributed by atoms with Crippen LogP contribution in [0.1, 0.15) is 19.3 Å². The van der Waals surface area contributed by atoms with Gasteiger partial charge in [-0.1, -0.05) is 0 Å². The van der Waals surface area contributed by atoms with Crippen LogP contribution in [0.15, 0.2) is 24.4 Å². The van der Waals surface area contributed by atoms with Crippen LogP contribution in [0.2, 0.25) is 0 Å². The van der Waals surface area contributed by atoms with Crippen LogP contribution >= 0.6 is 0 Å². The molecule has 2 aromatic rings. The molecule has 2 saturated heterocycles. The quantitative estimate of drug-likeness (QED) is 0.911. The number of fused-ring (bicyclic) bond motifs is 1. The molecular weight excluding hydrogens is 264 g/mol. The van der Waals surface area contributed by atoms with Gasteiger partial charge in [-0.2, -0.15) is 0 Å². The zero-order chi connectivity index (χ0) is 14.2. The Balaban J connectivity index is 1.77. The Bertz CT molecular complexity index is 654. The van der Waals surface area contributed by atoms with E-state index in [0.29, 0.717) is 6.54 Å². The summed E-state index contributed by atoms with van der Waals surface area (Å²) < 4.78 is 0. The van der Waals surface area contributed by atoms with E-state index in [0.717, 1.165) is 48.6 Å². The van der Waals surface area contributed by atoms with Gasteiger partial charge in [0.1, 0.15) is 11.3 Å². The molecule has 5 nitrogen and oxygen atoms in total. The number of aliphatic hydroxyl groups is 1. The molecule has 2 fully saturated rings. The molecule has 110 valence electrons. The fourth-order valence-electron chi connectivity index (χ4n) is 3.34. The first-order valence-electron chi connectivity index (χ1n) is 7.75. The summed E-state index contributed by atoms with van der Waals surface area (Å²) >= 11 is 0. The van der Waals surface area contributed by atoms with Crippen LogP contribution in [-0.2, 0) is 0 Å². The van der Waals surface area contributed by atoms with Crippen molar-refractivity contribution < 1.29 is 5.11 Å². The molecule has 0 aliphatic carbocycles. The van der Waals surface area contributed by atoms with E-state index in [1.165, 1.54) is 12.8 Å². The molecule has 21 heavy (non-hydrogen) atoms. The van der Waals surface area contributed by atoms with Crippen molar-refractivity contribution in [1.29, 1.82) is 0 Å². The molecule has 0 saturated carbocycles. The monoisotopic (exact) mass is 284 g/mol. The summed E-state index contributed by atoms with van der Waals surface area (Å²) in [6.45, 7) is 3.76. The van der Waals surface area contributed by atoms with Crippen molar-refractivity contribution in [2.45, 2.75) is 25.4 Å². The number of aromatic nitrogens is 2. The smallest absolute Gasteiger partial charge is 0.129 e. The lowest BCUT2D eigenvalue weighted by Gasteiger charge is -2.21. The van der Waals surface area contributed by atoms with E-state index >= 15 is 0 Å². The Labute approximate surface area is 124 Å². The normalized spacial score (nSPS) is 22.4. The van der Waals surface area contributed by atoms with E-state index in [2.05, 4.69) is 26.9 Å². The van der Waals surface area contributed by atoms with Gasteiger partial charge in [0.05, 0.1) is 17.3 Å². The molecule has 0 bridgehead atoms. The highest BCUT2D eigenvalue weighted by atomic mass is 16.3. The van der Waals surface area contributed by atoms with E-state index in [-0.39, 0.29) is 6.10 Å². The van der Waals surface area contributed by atoms with Gasteiger partial charge in [-0.05, 0) is 37.5 Å². The number of anilines is 2. The molecule has 0 spiro atoms. The molecule has 0 unspecified atom stereocenters. The average molecular weight is 284 g/mol. The lowest BCUT2D eigenvalue weighted by atomic mass is 10.2. The summed E-state index contributed by atoms with van der Waals surface area (Å²) in [6, 6.07) is 6.15. The Morgan fingerprint density at radius 3 is 2.67 bits per heavy atom. The highest BCUT2D eigenvalue weighted by Crippen LogP contribution is 2.29. The van der Waals surface area contributed by atoms with Gasteiger partial charge in [0, 0.05) is 32.4 Å². The first-order chi connectivity index (χ1) is 10.3. The third-order valence-corrected chi connectivity index (χ3v) is 4.48. The lowest BCUT2D eigenvalue weighted by molar-refractivity contribution is 0.198. The molecule has 0 radical (unpaired) electrons. The van der Waals surface area contributed by atoms with Crippen molar-refractivity contribution in [3.05, 3.63) is 24.4 Å². The number of nitrogens with zero attached hydrogens (tertiary/aromatic N) is 4. The van der Waals surface area contributed by atoms with E-state index < -0.39 is 0 Å². The van der Waals surface area contributed by atoms with Crippen LogP contribution in [0.4, 0.5) is 11.5 Å². The van der Waals surface area contributed by atoms with Gasteiger partial charge in [-0.25, -0.2) is 4.98 Å². The maximum Gasteiger partial charge on any atom is 0.129 e. The van der Waals surface area contributed by atoms with Gasteiger partial charge >= 0.3 is 0 Å². The van der Waals surface area contributed by atoms with Crippen LogP contribution < -0.4 is 9.80 Å². The van der Waals surface area contributed by atoms with Gasteiger partial charge in [0.25, 0.3) is 0 Å². The molecule has 2 aromatic heterocycles. The Morgan fingerprint density at radius 2 is 1.90 bits per heavy atom. The maximum absolute atomic E-state index is 9.77. The molecule has 0 aromatic carbocycles. The van der Waals surface area contributed by atoms with Crippen molar-refractivity contribution in [1.82, 2.24) is 9.97 Å². The van der Waals surface area contributed by atoms with Crippen LogP contribution in [0, 0.1) is 0 Å². The van der Waals surface area contributed by atoms with Crippen LogP contribution in [0.25, 0.3) is 11.0 Å². The van der Waals surface area contributed by atoms with Crippen molar-refractivity contribution in [2.75, 3.05) is 36.0 Å². The van der Waals surface area contributed by atoms with Gasteiger partial charge < -0.3 is 14.9 Å². The third kappa shape index (κ3) is 2.31. The summed E-state index contributed by atoms with van der Waals surface area (Å²) in [4.78, 5) is 13.9. The van der Waals surface area contributed by atoms with Gasteiger partial charge in [0.15, 0.2) is 0 Å². The van der Waals surface area contributed by atoms with E-state index in [9.17, 15) is 5.11 Å². The van der Waals surface area contributed by atoms with Crippen LogP contribution in [0.3, 0.4) is 0 Å². The number of rotatable bonds is 2. The third-order valence-electron chi connectivity index (χ3n) is 4.48. The lowest BCUT2D eigenvalue weighted by Crippen LogP contribution is -2.22. The number of aliphatic hydroxyl groups excluding tert-OH is 1. The Kier molecular flexibility index (Phi) is 3.15. The second-order valence-corrected chi connectivity index (χ2v) is 5.95. The predicted octanol–water partition coefficient (Wildman–Crippen LogP) is 1.80. The molecular formula is C16H20N4O. The zero-order valence-corrected chi connectivity index (χ0v) is 12.1. The number of pyridine rings is 2. The number of hydrogen-bond acceptors (Lipinski definition) is 5. The minimum Gasteiger partial charge on any atom is -0.391 e. The molecule has 1 atom stereocenters. The molecule has 5 heteroatoms. The van der Waals surface area contributed by atoms with Gasteiger partial charge in [0.2, 0.25) is 0 Å². The minimum absolute atomic E-state index is 0.227. The van der Waals surface area contributed by atoms with Crippen molar-refractivity contribution in [3.8, 4) is 0 Å². The van der Waals surface area contributed by atoms with Crippen LogP contribution in [0.5, 0.6) is 0 Å². The Morgan fingerprint density at radius 1 is 1.05 bits per heavy atom. The van der Waals surface area contributed by atoms with Crippen molar-refractivity contribution in [2.24, 2.45) is 0 Å². The van der Waals surface area contributed by atoms with E-state index in [1.807, 2.05) is 12.3 Å². The fraction of sp³-hybridized carbons (Fsp3) is 0.500. The SMILES string of the molecule is O[C@H]1CCN(c2ccnc3ccc(N4CCCC4)nc23)C1. The van der Waals surface area contributed by atoms with Crippen molar-refractivity contribution >= 4 is 22.5 Å². The second-order valence-electron chi connectivity index (χ2n) is 5.95. The summed E-state index contributed by atoms with van der Waals surface area (Å²) in [7, 11) is 0. The largest absolute Gasteiger partial charge is 0.391 e. The first kappa shape index (κ1) is 12.8. The molecule has 1 N–H and O–H groups in total. The number of hydrogen-bond donors (Lipinski definition) is 1. The predicted molar refractivity (Wildman–Crippen MR) is 83.8 cm³/mol. The number of β-amino-alcohol motifs (C(OH)–C–C–N with tert-alkyl or cyclic N) is 1. The fourth-order valence-corrected chi connectivity index (χ4v) is 3.34. The average Bonchev–Trinajstić information content (AvgIpc) is 3.17. The Hall–Kier alpha value is -1.88. The summed E-state index contributed by atoms with van der Waals surface area (Å²) in [5.41, 5.74) is 2.98. The topological polar surface area (TPSA) is 52.5 Å². The van der Waals surface area contributed by atoms with E-state index in [4.69, 9.17) is 4.98 Å². The first-order valence-corrected chi connectivity index (χ1v) is 7.75. The maximum atomic E-state index is 9.77. The highest BCUT2D eigenvalue weighted by molar-refractivity contribution is 5.89. The van der Waals surface area contributed by atoms with Crippen molar-refractivity contribution in [3.63, 3.8) is 0 Å². The molecule has 4 rings (SSSR count). The molecule has 0 amide bonds.